The molecule has 1 aliphatic heterocycles. The number of amidine groups is 1. The van der Waals surface area contributed by atoms with E-state index in [4.69, 9.17) is 5.11 Å². The molecule has 0 aliphatic carbocycles. The van der Waals surface area contributed by atoms with Gasteiger partial charge >= 0.3 is 0 Å². The number of aliphatic hydroxyl groups excluding tert-OH is 1. The molecule has 0 aromatic rings. The van der Waals surface area contributed by atoms with Gasteiger partial charge in [0.05, 0.1) is 13.2 Å². The van der Waals surface area contributed by atoms with Crippen LogP contribution in [-0.2, 0) is 0 Å². The van der Waals surface area contributed by atoms with Gasteiger partial charge in [0.15, 0.2) is 0 Å². The second-order valence-corrected chi connectivity index (χ2v) is 3.85. The highest BCUT2D eigenvalue weighted by atomic mass is 16.3. The molecule has 86 valence electrons. The summed E-state index contributed by atoms with van der Waals surface area (Å²) in [4.78, 5) is 6.53. The number of hydrogen-bond donors (Lipinski definition) is 1. The molecule has 1 rings (SSSR count). The zero-order valence-electron chi connectivity index (χ0n) is 9.65. The molecule has 0 radical (unpaired) electrons. The Morgan fingerprint density at radius 1 is 1.47 bits per heavy atom. The van der Waals surface area contributed by atoms with Gasteiger partial charge < -0.3 is 10.0 Å². The highest BCUT2D eigenvalue weighted by Crippen LogP contribution is 2.04. The highest BCUT2D eigenvalue weighted by Gasteiger charge is 2.12. The molecular weight excluding hydrogens is 188 g/mol. The third-order valence-electron chi connectivity index (χ3n) is 2.58. The molecule has 1 N–H and O–H groups in total. The summed E-state index contributed by atoms with van der Waals surface area (Å²) in [5.41, 5.74) is 0. The Labute approximate surface area is 92.5 Å². The molecule has 0 saturated heterocycles. The van der Waals surface area contributed by atoms with Gasteiger partial charge in [0.25, 0.3) is 0 Å². The number of aliphatic hydroxyl groups is 1. The highest BCUT2D eigenvalue weighted by molar-refractivity contribution is 5.94. The van der Waals surface area contributed by atoms with Crippen LogP contribution >= 0.6 is 0 Å². The van der Waals surface area contributed by atoms with Crippen molar-refractivity contribution in [1.29, 1.82) is 0 Å². The van der Waals surface area contributed by atoms with E-state index in [0.29, 0.717) is 6.54 Å². The van der Waals surface area contributed by atoms with Crippen molar-refractivity contribution < 1.29 is 5.11 Å². The van der Waals surface area contributed by atoms with Crippen LogP contribution in [0.3, 0.4) is 0 Å². The Bertz CT molecular complexity index is 224. The second kappa shape index (κ2) is 7.46. The lowest BCUT2D eigenvalue weighted by molar-refractivity contribution is 0.257. The van der Waals surface area contributed by atoms with E-state index < -0.39 is 0 Å². The van der Waals surface area contributed by atoms with E-state index in [2.05, 4.69) is 29.0 Å². The molecule has 15 heavy (non-hydrogen) atoms. The van der Waals surface area contributed by atoms with Crippen molar-refractivity contribution in [3.63, 3.8) is 0 Å². The monoisotopic (exact) mass is 210 g/mol. The van der Waals surface area contributed by atoms with Crippen LogP contribution < -0.4 is 0 Å². The van der Waals surface area contributed by atoms with Gasteiger partial charge in [0, 0.05) is 13.1 Å². The lowest BCUT2D eigenvalue weighted by atomic mass is 10.2. The van der Waals surface area contributed by atoms with Crippen LogP contribution in [0.15, 0.2) is 17.1 Å². The van der Waals surface area contributed by atoms with E-state index in [-0.39, 0.29) is 6.61 Å². The van der Waals surface area contributed by atoms with Crippen LogP contribution in [0, 0.1) is 0 Å². The molecule has 3 nitrogen and oxygen atoms in total. The van der Waals surface area contributed by atoms with Crippen molar-refractivity contribution in [2.75, 3.05) is 26.2 Å². The van der Waals surface area contributed by atoms with Gasteiger partial charge in [-0.15, -0.1) is 0 Å². The summed E-state index contributed by atoms with van der Waals surface area (Å²) in [6.45, 7) is 4.96. The molecular formula is C12H22N2O. The molecule has 0 saturated carbocycles. The fourth-order valence-electron chi connectivity index (χ4n) is 1.71. The molecule has 0 atom stereocenters. The van der Waals surface area contributed by atoms with Crippen LogP contribution in [0.5, 0.6) is 0 Å². The van der Waals surface area contributed by atoms with Crippen molar-refractivity contribution in [3.8, 4) is 0 Å². The third kappa shape index (κ3) is 4.47. The minimum atomic E-state index is 0.211. The molecule has 1 heterocycles. The van der Waals surface area contributed by atoms with Crippen LogP contribution in [0.1, 0.15) is 32.6 Å². The minimum absolute atomic E-state index is 0.211. The summed E-state index contributed by atoms with van der Waals surface area (Å²) in [5, 5.41) is 8.87. The summed E-state index contributed by atoms with van der Waals surface area (Å²) in [6.07, 6.45) is 9.27. The number of nitrogens with zero attached hydrogens (tertiary/aromatic N) is 2. The number of β-amino-alcohol motifs (C(OH)–C–C–N with tert-alkyl or cyclic N) is 1. The largest absolute Gasteiger partial charge is 0.395 e. The normalized spacial score (nSPS) is 16.4. The number of unbranched alkanes of at least 4 members (excludes halogenated alkanes) is 3. The van der Waals surface area contributed by atoms with Crippen molar-refractivity contribution in [1.82, 2.24) is 4.90 Å². The van der Waals surface area contributed by atoms with Crippen LogP contribution in [0.25, 0.3) is 0 Å². The van der Waals surface area contributed by atoms with E-state index in [1.807, 2.05) is 0 Å². The van der Waals surface area contributed by atoms with E-state index >= 15 is 0 Å². The summed E-state index contributed by atoms with van der Waals surface area (Å²) < 4.78 is 0. The molecule has 0 aromatic carbocycles. The average Bonchev–Trinajstić information content (AvgIpc) is 2.66. The number of allylic oxidation sites excluding steroid dienone is 1. The average molecular weight is 210 g/mol. The molecule has 3 heteroatoms. The Balaban J connectivity index is 2.24. The maximum absolute atomic E-state index is 8.87. The first-order valence-corrected chi connectivity index (χ1v) is 5.95. The predicted octanol–water partition coefficient (Wildman–Crippen LogP) is 1.83. The summed E-state index contributed by atoms with van der Waals surface area (Å²) in [5.74, 6) is 1.04. The van der Waals surface area contributed by atoms with E-state index in [0.717, 1.165) is 25.3 Å². The van der Waals surface area contributed by atoms with Crippen LogP contribution in [0.2, 0.25) is 0 Å². The van der Waals surface area contributed by atoms with Gasteiger partial charge in [-0.2, -0.15) is 0 Å². The lowest BCUT2D eigenvalue weighted by Crippen LogP contribution is -2.29. The molecule has 0 fully saturated rings. The van der Waals surface area contributed by atoms with Crippen LogP contribution in [-0.4, -0.2) is 42.1 Å². The summed E-state index contributed by atoms with van der Waals surface area (Å²) in [6, 6.07) is 0. The first kappa shape index (κ1) is 12.2. The van der Waals surface area contributed by atoms with Crippen molar-refractivity contribution in [2.45, 2.75) is 32.6 Å². The second-order valence-electron chi connectivity index (χ2n) is 3.85. The van der Waals surface area contributed by atoms with Crippen molar-refractivity contribution in [3.05, 3.63) is 12.2 Å². The number of rotatable bonds is 7. The SMILES string of the molecule is CCCCC/C=C/C1=NCCN1CCO. The number of hydrogen-bond acceptors (Lipinski definition) is 3. The van der Waals surface area contributed by atoms with E-state index in [1.165, 1.54) is 19.3 Å². The van der Waals surface area contributed by atoms with Crippen molar-refractivity contribution >= 4 is 5.84 Å². The first-order valence-electron chi connectivity index (χ1n) is 5.95. The van der Waals surface area contributed by atoms with Gasteiger partial charge in [-0.05, 0) is 18.9 Å². The Kier molecular flexibility index (Phi) is 6.09. The fraction of sp³-hybridized carbons (Fsp3) is 0.750. The maximum Gasteiger partial charge on any atom is 0.123 e. The van der Waals surface area contributed by atoms with Gasteiger partial charge in [0.2, 0.25) is 0 Å². The van der Waals surface area contributed by atoms with Crippen molar-refractivity contribution in [2.24, 2.45) is 4.99 Å². The Hall–Kier alpha value is -0.830. The smallest absolute Gasteiger partial charge is 0.123 e. The predicted molar refractivity (Wildman–Crippen MR) is 64.2 cm³/mol. The van der Waals surface area contributed by atoms with E-state index in [9.17, 15) is 0 Å². The molecule has 0 amide bonds. The third-order valence-corrected chi connectivity index (χ3v) is 2.58. The molecule has 1 aliphatic rings. The standard InChI is InChI=1S/C12H22N2O/c1-2-3-4-5-6-7-12-13-8-9-14(12)10-11-15/h6-7,15H,2-5,8-11H2,1H3/b7-6+. The molecule has 0 aromatic heterocycles. The van der Waals surface area contributed by atoms with Gasteiger partial charge in [-0.25, -0.2) is 0 Å². The lowest BCUT2D eigenvalue weighted by Gasteiger charge is -2.16. The Morgan fingerprint density at radius 3 is 3.07 bits per heavy atom. The van der Waals surface area contributed by atoms with E-state index in [1.54, 1.807) is 0 Å². The topological polar surface area (TPSA) is 35.8 Å². The first-order chi connectivity index (χ1) is 7.38. The minimum Gasteiger partial charge on any atom is -0.395 e. The fourth-order valence-corrected chi connectivity index (χ4v) is 1.71. The quantitative estimate of drug-likeness (QED) is 0.651. The van der Waals surface area contributed by atoms with Gasteiger partial charge in [-0.3, -0.25) is 4.99 Å². The summed E-state index contributed by atoms with van der Waals surface area (Å²) in [7, 11) is 0. The maximum atomic E-state index is 8.87. The molecule has 0 unspecified atom stereocenters. The Morgan fingerprint density at radius 2 is 2.33 bits per heavy atom. The van der Waals surface area contributed by atoms with Crippen LogP contribution in [0.4, 0.5) is 0 Å². The van der Waals surface area contributed by atoms with Gasteiger partial charge in [0.1, 0.15) is 5.84 Å². The summed E-state index contributed by atoms with van der Waals surface area (Å²) >= 11 is 0. The molecule has 0 bridgehead atoms. The van der Waals surface area contributed by atoms with Gasteiger partial charge in [-0.1, -0.05) is 25.8 Å². The zero-order valence-corrected chi connectivity index (χ0v) is 9.65. The molecule has 0 spiro atoms. The zero-order chi connectivity index (χ0) is 10.9. The number of aliphatic imine (C=N–C) groups is 1.